The van der Waals surface area contributed by atoms with E-state index >= 15 is 0 Å². The molecule has 3 aromatic rings. The third kappa shape index (κ3) is 4.64. The van der Waals surface area contributed by atoms with Crippen LogP contribution in [0.3, 0.4) is 0 Å². The molecule has 1 heterocycles. The standard InChI is InChI=1S/C20H19NO7S/c1-3-21-29(24,25)16-6-4-5-13(9-16)20(23)27-12-14-10-19(22)28-18-11-15(26-2)7-8-17(14)18/h4-11,21H,3,12H2,1-2H3. The second-order valence-electron chi connectivity index (χ2n) is 6.06. The van der Waals surface area contributed by atoms with E-state index in [4.69, 9.17) is 13.9 Å². The molecule has 0 bridgehead atoms. The van der Waals surface area contributed by atoms with E-state index in [-0.39, 0.29) is 23.6 Å². The lowest BCUT2D eigenvalue weighted by atomic mass is 10.1. The molecular weight excluding hydrogens is 398 g/mol. The normalized spacial score (nSPS) is 11.4. The van der Waals surface area contributed by atoms with Gasteiger partial charge in [-0.1, -0.05) is 13.0 Å². The number of benzene rings is 2. The zero-order chi connectivity index (χ0) is 21.0. The summed E-state index contributed by atoms with van der Waals surface area (Å²) in [5, 5.41) is 0.599. The second kappa shape index (κ2) is 8.46. The van der Waals surface area contributed by atoms with Gasteiger partial charge in [0.1, 0.15) is 17.9 Å². The lowest BCUT2D eigenvalue weighted by Crippen LogP contribution is -2.23. The lowest BCUT2D eigenvalue weighted by Gasteiger charge is -2.09. The number of ether oxygens (including phenoxy) is 2. The summed E-state index contributed by atoms with van der Waals surface area (Å²) < 4.78 is 42.1. The van der Waals surface area contributed by atoms with E-state index in [1.807, 2.05) is 0 Å². The Kier molecular flexibility index (Phi) is 6.00. The Morgan fingerprint density at radius 1 is 1.14 bits per heavy atom. The van der Waals surface area contributed by atoms with Crippen LogP contribution in [0.15, 0.2) is 62.6 Å². The summed E-state index contributed by atoms with van der Waals surface area (Å²) in [4.78, 5) is 24.2. The van der Waals surface area contributed by atoms with Crippen molar-refractivity contribution in [2.24, 2.45) is 0 Å². The molecule has 0 aliphatic carbocycles. The number of carbonyl (C=O) groups is 1. The maximum absolute atomic E-state index is 12.4. The van der Waals surface area contributed by atoms with Crippen molar-refractivity contribution >= 4 is 27.0 Å². The molecule has 9 heteroatoms. The van der Waals surface area contributed by atoms with E-state index in [1.54, 1.807) is 25.1 Å². The van der Waals surface area contributed by atoms with Crippen LogP contribution in [-0.2, 0) is 21.4 Å². The molecule has 152 valence electrons. The Bertz CT molecular complexity index is 1210. The zero-order valence-electron chi connectivity index (χ0n) is 15.8. The summed E-state index contributed by atoms with van der Waals surface area (Å²) in [7, 11) is -2.20. The molecule has 0 fully saturated rings. The van der Waals surface area contributed by atoms with Gasteiger partial charge in [0.15, 0.2) is 0 Å². The van der Waals surface area contributed by atoms with Gasteiger partial charge in [-0.05, 0) is 30.3 Å². The minimum atomic E-state index is -3.70. The van der Waals surface area contributed by atoms with Gasteiger partial charge in [0.25, 0.3) is 0 Å². The highest BCUT2D eigenvalue weighted by molar-refractivity contribution is 7.89. The number of methoxy groups -OCH3 is 1. The molecule has 3 rings (SSSR count). The van der Waals surface area contributed by atoms with Crippen molar-refractivity contribution in [3.63, 3.8) is 0 Å². The number of nitrogens with one attached hydrogen (secondary N) is 1. The first-order valence-corrected chi connectivity index (χ1v) is 10.2. The Labute approximate surface area is 167 Å². The summed E-state index contributed by atoms with van der Waals surface area (Å²) >= 11 is 0. The van der Waals surface area contributed by atoms with E-state index < -0.39 is 21.6 Å². The van der Waals surface area contributed by atoms with Crippen molar-refractivity contribution in [3.05, 3.63) is 70.1 Å². The first-order valence-electron chi connectivity index (χ1n) is 8.71. The van der Waals surface area contributed by atoms with Crippen molar-refractivity contribution in [1.29, 1.82) is 0 Å². The maximum Gasteiger partial charge on any atom is 0.338 e. The summed E-state index contributed by atoms with van der Waals surface area (Å²) in [6.45, 7) is 1.70. The fourth-order valence-electron chi connectivity index (χ4n) is 2.75. The number of rotatable bonds is 7. The van der Waals surface area contributed by atoms with Crippen molar-refractivity contribution in [2.45, 2.75) is 18.4 Å². The van der Waals surface area contributed by atoms with Crippen molar-refractivity contribution in [2.75, 3.05) is 13.7 Å². The van der Waals surface area contributed by atoms with Crippen LogP contribution in [0.1, 0.15) is 22.8 Å². The molecule has 0 aliphatic heterocycles. The van der Waals surface area contributed by atoms with E-state index in [9.17, 15) is 18.0 Å². The van der Waals surface area contributed by atoms with Gasteiger partial charge >= 0.3 is 11.6 Å². The minimum absolute atomic E-state index is 0.0355. The predicted octanol–water partition coefficient (Wildman–Crippen LogP) is 2.46. The van der Waals surface area contributed by atoms with Crippen molar-refractivity contribution in [1.82, 2.24) is 4.72 Å². The molecule has 0 atom stereocenters. The summed E-state index contributed by atoms with van der Waals surface area (Å²) in [6.07, 6.45) is 0. The minimum Gasteiger partial charge on any atom is -0.497 e. The molecule has 2 aromatic carbocycles. The number of fused-ring (bicyclic) bond motifs is 1. The average molecular weight is 417 g/mol. The largest absolute Gasteiger partial charge is 0.497 e. The lowest BCUT2D eigenvalue weighted by molar-refractivity contribution is 0.0473. The Balaban J connectivity index is 1.84. The van der Waals surface area contributed by atoms with Gasteiger partial charge < -0.3 is 13.9 Å². The second-order valence-corrected chi connectivity index (χ2v) is 7.83. The first kappa shape index (κ1) is 20.6. The van der Waals surface area contributed by atoms with E-state index in [1.165, 1.54) is 37.4 Å². The smallest absolute Gasteiger partial charge is 0.338 e. The topological polar surface area (TPSA) is 112 Å². The van der Waals surface area contributed by atoms with Crippen molar-refractivity contribution in [3.8, 4) is 5.75 Å². The van der Waals surface area contributed by atoms with Crippen LogP contribution < -0.4 is 15.1 Å². The SMILES string of the molecule is CCNS(=O)(=O)c1cccc(C(=O)OCc2cc(=O)oc3cc(OC)ccc23)c1. The molecule has 8 nitrogen and oxygen atoms in total. The summed E-state index contributed by atoms with van der Waals surface area (Å²) in [6, 6.07) is 11.7. The summed E-state index contributed by atoms with van der Waals surface area (Å²) in [5.41, 5.74) is 0.263. The van der Waals surface area contributed by atoms with Crippen LogP contribution in [0.4, 0.5) is 0 Å². The van der Waals surface area contributed by atoms with Gasteiger partial charge in [-0.3, -0.25) is 0 Å². The van der Waals surface area contributed by atoms with E-state index in [0.29, 0.717) is 22.3 Å². The van der Waals surface area contributed by atoms with Crippen LogP contribution in [0.5, 0.6) is 5.75 Å². The third-order valence-electron chi connectivity index (χ3n) is 4.11. The van der Waals surface area contributed by atoms with E-state index in [2.05, 4.69) is 4.72 Å². The van der Waals surface area contributed by atoms with Gasteiger partial charge in [-0.25, -0.2) is 22.7 Å². The highest BCUT2D eigenvalue weighted by Crippen LogP contribution is 2.23. The number of hydrogen-bond acceptors (Lipinski definition) is 7. The predicted molar refractivity (Wildman–Crippen MR) is 105 cm³/mol. The van der Waals surface area contributed by atoms with Gasteiger partial charge in [-0.2, -0.15) is 0 Å². The van der Waals surface area contributed by atoms with Crippen LogP contribution in [0.25, 0.3) is 11.0 Å². The number of carbonyl (C=O) groups excluding carboxylic acids is 1. The molecule has 0 aliphatic rings. The van der Waals surface area contributed by atoms with Gasteiger partial charge in [0, 0.05) is 29.6 Å². The van der Waals surface area contributed by atoms with Crippen LogP contribution in [-0.4, -0.2) is 28.0 Å². The number of hydrogen-bond donors (Lipinski definition) is 1. The molecule has 0 radical (unpaired) electrons. The van der Waals surface area contributed by atoms with Crippen LogP contribution >= 0.6 is 0 Å². The molecule has 0 spiro atoms. The Morgan fingerprint density at radius 3 is 2.66 bits per heavy atom. The molecule has 0 amide bonds. The Morgan fingerprint density at radius 2 is 1.93 bits per heavy atom. The van der Waals surface area contributed by atoms with Crippen LogP contribution in [0.2, 0.25) is 0 Å². The van der Waals surface area contributed by atoms with Gasteiger partial charge in [-0.15, -0.1) is 0 Å². The molecule has 0 unspecified atom stereocenters. The molecule has 0 saturated carbocycles. The maximum atomic E-state index is 12.4. The van der Waals surface area contributed by atoms with Gasteiger partial charge in [0.05, 0.1) is 17.6 Å². The first-order chi connectivity index (χ1) is 13.8. The molecule has 0 saturated heterocycles. The number of sulfonamides is 1. The molecule has 1 N–H and O–H groups in total. The molecule has 29 heavy (non-hydrogen) atoms. The quantitative estimate of drug-likeness (QED) is 0.464. The fraction of sp³-hybridized carbons (Fsp3) is 0.200. The van der Waals surface area contributed by atoms with Gasteiger partial charge in [0.2, 0.25) is 10.0 Å². The molecule has 1 aromatic heterocycles. The highest BCUT2D eigenvalue weighted by Gasteiger charge is 2.16. The third-order valence-corrected chi connectivity index (χ3v) is 5.65. The fourth-order valence-corrected chi connectivity index (χ4v) is 3.83. The highest BCUT2D eigenvalue weighted by atomic mass is 32.2. The Hall–Kier alpha value is -3.17. The monoisotopic (exact) mass is 417 g/mol. The molecular formula is C20H19NO7S. The summed E-state index contributed by atoms with van der Waals surface area (Å²) in [5.74, 6) is -0.193. The number of esters is 1. The zero-order valence-corrected chi connectivity index (χ0v) is 16.6. The van der Waals surface area contributed by atoms with E-state index in [0.717, 1.165) is 0 Å². The van der Waals surface area contributed by atoms with Crippen molar-refractivity contribution < 1.29 is 27.1 Å². The average Bonchev–Trinajstić information content (AvgIpc) is 2.71. The van der Waals surface area contributed by atoms with Crippen LogP contribution in [0, 0.1) is 0 Å².